The zero-order chi connectivity index (χ0) is 19.6. The molecule has 1 atom stereocenters. The smallest absolute Gasteiger partial charge is 0.345 e. The van der Waals surface area contributed by atoms with E-state index in [1.807, 2.05) is 0 Å². The average Bonchev–Trinajstić information content (AvgIpc) is 3.32. The van der Waals surface area contributed by atoms with E-state index in [-0.39, 0.29) is 24.5 Å². The fraction of sp³-hybridized carbons (Fsp3) is 0.684. The van der Waals surface area contributed by atoms with Crippen LogP contribution in [0.25, 0.3) is 0 Å². The third-order valence-corrected chi connectivity index (χ3v) is 6.38. The number of rotatable bonds is 8. The summed E-state index contributed by atoms with van der Waals surface area (Å²) >= 11 is 1.35. The third kappa shape index (κ3) is 4.85. The monoisotopic (exact) mass is 401 g/mol. The molecule has 0 spiro atoms. The predicted molar refractivity (Wildman–Crippen MR) is 98.3 cm³/mol. The Kier molecular flexibility index (Phi) is 6.15. The number of carbonyl (C=O) groups is 2. The van der Waals surface area contributed by atoms with Crippen molar-refractivity contribution in [3.8, 4) is 0 Å². The van der Waals surface area contributed by atoms with Crippen molar-refractivity contribution < 1.29 is 27.8 Å². The van der Waals surface area contributed by atoms with Gasteiger partial charge in [0.1, 0.15) is 5.00 Å². The van der Waals surface area contributed by atoms with Crippen LogP contribution in [0.2, 0.25) is 0 Å². The minimum absolute atomic E-state index is 0.0166. The lowest BCUT2D eigenvalue weighted by Crippen LogP contribution is -2.35. The first-order chi connectivity index (χ1) is 12.8. The summed E-state index contributed by atoms with van der Waals surface area (Å²) in [6.45, 7) is 0.605. The number of hydrogen-bond acceptors (Lipinski definition) is 5. The third-order valence-electron chi connectivity index (χ3n) is 5.23. The SMILES string of the molecule is CCOC(=O)c1c(NC(C)=O)sc2c1CCC(COC(F)F)(CC1CC1)C2. The quantitative estimate of drug-likeness (QED) is 0.656. The van der Waals surface area contributed by atoms with Crippen LogP contribution in [-0.2, 0) is 27.1 Å². The van der Waals surface area contributed by atoms with Crippen LogP contribution in [-0.4, -0.2) is 31.7 Å². The van der Waals surface area contributed by atoms with Crippen molar-refractivity contribution in [2.45, 2.75) is 59.0 Å². The molecule has 0 bridgehead atoms. The van der Waals surface area contributed by atoms with Crippen molar-refractivity contribution in [3.63, 3.8) is 0 Å². The van der Waals surface area contributed by atoms with E-state index in [9.17, 15) is 18.4 Å². The minimum Gasteiger partial charge on any atom is -0.462 e. The molecule has 1 saturated carbocycles. The molecule has 3 rings (SSSR count). The second-order valence-electron chi connectivity index (χ2n) is 7.51. The van der Waals surface area contributed by atoms with Crippen LogP contribution in [0.3, 0.4) is 0 Å². The zero-order valence-corrected chi connectivity index (χ0v) is 16.4. The molecule has 8 heteroatoms. The van der Waals surface area contributed by atoms with Crippen LogP contribution in [0.4, 0.5) is 13.8 Å². The molecule has 0 radical (unpaired) electrons. The van der Waals surface area contributed by atoms with E-state index in [2.05, 4.69) is 5.32 Å². The Hall–Kier alpha value is -1.54. The van der Waals surface area contributed by atoms with Gasteiger partial charge in [-0.1, -0.05) is 12.8 Å². The van der Waals surface area contributed by atoms with Crippen molar-refractivity contribution in [1.29, 1.82) is 0 Å². The fourth-order valence-corrected chi connectivity index (χ4v) is 5.39. The highest BCUT2D eigenvalue weighted by Crippen LogP contribution is 2.50. The molecular formula is C19H25F2NO4S. The molecule has 1 unspecified atom stereocenters. The van der Waals surface area contributed by atoms with Crippen LogP contribution in [0.5, 0.6) is 0 Å². The Morgan fingerprint density at radius 1 is 1.37 bits per heavy atom. The van der Waals surface area contributed by atoms with Gasteiger partial charge < -0.3 is 14.8 Å². The Labute approximate surface area is 161 Å². The number of nitrogens with one attached hydrogen (secondary N) is 1. The summed E-state index contributed by atoms with van der Waals surface area (Å²) in [5.74, 6) is -0.131. The summed E-state index contributed by atoms with van der Waals surface area (Å²) < 4.78 is 35.3. The maximum Gasteiger partial charge on any atom is 0.345 e. The second-order valence-corrected chi connectivity index (χ2v) is 8.61. The Balaban J connectivity index is 1.90. The molecule has 150 valence electrons. The number of ether oxygens (including phenoxy) is 2. The number of esters is 1. The highest BCUT2D eigenvalue weighted by molar-refractivity contribution is 7.17. The van der Waals surface area contributed by atoms with Gasteiger partial charge in [-0.15, -0.1) is 11.3 Å². The van der Waals surface area contributed by atoms with E-state index in [1.165, 1.54) is 18.3 Å². The predicted octanol–water partition coefficient (Wildman–Crippen LogP) is 4.40. The first kappa shape index (κ1) is 20.2. The number of hydrogen-bond donors (Lipinski definition) is 1. The van der Waals surface area contributed by atoms with E-state index in [0.29, 0.717) is 35.7 Å². The van der Waals surface area contributed by atoms with E-state index in [1.54, 1.807) is 6.92 Å². The molecule has 5 nitrogen and oxygen atoms in total. The molecule has 1 N–H and O–H groups in total. The van der Waals surface area contributed by atoms with Crippen molar-refractivity contribution in [2.75, 3.05) is 18.5 Å². The Morgan fingerprint density at radius 2 is 2.11 bits per heavy atom. The van der Waals surface area contributed by atoms with Crippen LogP contribution >= 0.6 is 11.3 Å². The van der Waals surface area contributed by atoms with Crippen molar-refractivity contribution in [1.82, 2.24) is 0 Å². The van der Waals surface area contributed by atoms with Crippen LogP contribution < -0.4 is 5.32 Å². The maximum absolute atomic E-state index is 12.7. The molecule has 0 saturated heterocycles. The van der Waals surface area contributed by atoms with Crippen molar-refractivity contribution >= 4 is 28.2 Å². The highest BCUT2D eigenvalue weighted by atomic mass is 32.1. The lowest BCUT2D eigenvalue weighted by molar-refractivity contribution is -0.155. The van der Waals surface area contributed by atoms with Gasteiger partial charge in [-0.2, -0.15) is 8.78 Å². The lowest BCUT2D eigenvalue weighted by atomic mass is 9.71. The minimum atomic E-state index is -2.78. The summed E-state index contributed by atoms with van der Waals surface area (Å²) in [5.41, 5.74) is 0.960. The summed E-state index contributed by atoms with van der Waals surface area (Å²) in [7, 11) is 0. The number of alkyl halides is 2. The summed E-state index contributed by atoms with van der Waals surface area (Å²) in [6.07, 6.45) is 5.01. The van der Waals surface area contributed by atoms with E-state index in [4.69, 9.17) is 9.47 Å². The Morgan fingerprint density at radius 3 is 2.70 bits per heavy atom. The zero-order valence-electron chi connectivity index (χ0n) is 15.6. The van der Waals surface area contributed by atoms with Crippen LogP contribution in [0.15, 0.2) is 0 Å². The number of carbonyl (C=O) groups excluding carboxylic acids is 2. The van der Waals surface area contributed by atoms with Gasteiger partial charge >= 0.3 is 12.6 Å². The van der Waals surface area contributed by atoms with Gasteiger partial charge in [0.2, 0.25) is 5.91 Å². The topological polar surface area (TPSA) is 64.6 Å². The summed E-state index contributed by atoms with van der Waals surface area (Å²) in [5, 5.41) is 3.22. The van der Waals surface area contributed by atoms with Gasteiger partial charge in [0.05, 0.1) is 18.8 Å². The van der Waals surface area contributed by atoms with Gasteiger partial charge in [0, 0.05) is 11.8 Å². The first-order valence-electron chi connectivity index (χ1n) is 9.32. The molecule has 1 fully saturated rings. The highest BCUT2D eigenvalue weighted by Gasteiger charge is 2.42. The molecule has 1 amide bonds. The standard InChI is InChI=1S/C19H25F2NO4S/c1-3-25-17(24)15-13-6-7-19(8-12-4-5-12,10-26-18(20)21)9-14(13)27-16(15)22-11(2)23/h12,18H,3-10H2,1-2H3,(H,22,23). The fourth-order valence-electron chi connectivity index (χ4n) is 3.94. The Bertz CT molecular complexity index is 717. The van der Waals surface area contributed by atoms with Crippen molar-refractivity contribution in [3.05, 3.63) is 16.0 Å². The van der Waals surface area contributed by atoms with Gasteiger partial charge in [-0.05, 0) is 49.5 Å². The molecule has 0 aromatic carbocycles. The number of amides is 1. The van der Waals surface area contributed by atoms with Gasteiger partial charge in [-0.25, -0.2) is 4.79 Å². The molecule has 2 aliphatic carbocycles. The maximum atomic E-state index is 12.7. The lowest BCUT2D eigenvalue weighted by Gasteiger charge is -2.37. The number of anilines is 1. The average molecular weight is 401 g/mol. The normalized spacial score (nSPS) is 21.8. The molecule has 1 aromatic rings. The largest absolute Gasteiger partial charge is 0.462 e. The van der Waals surface area contributed by atoms with Crippen LogP contribution in [0, 0.1) is 11.3 Å². The van der Waals surface area contributed by atoms with Gasteiger partial charge in [0.15, 0.2) is 0 Å². The molecular weight excluding hydrogens is 376 g/mol. The van der Waals surface area contributed by atoms with E-state index in [0.717, 1.165) is 29.7 Å². The van der Waals surface area contributed by atoms with E-state index < -0.39 is 12.6 Å². The molecule has 0 aliphatic heterocycles. The summed E-state index contributed by atoms with van der Waals surface area (Å²) in [4.78, 5) is 25.0. The molecule has 2 aliphatic rings. The van der Waals surface area contributed by atoms with Gasteiger partial charge in [-0.3, -0.25) is 4.79 Å². The molecule has 1 heterocycles. The van der Waals surface area contributed by atoms with Crippen LogP contribution in [0.1, 0.15) is 60.3 Å². The van der Waals surface area contributed by atoms with Gasteiger partial charge in [0.25, 0.3) is 0 Å². The van der Waals surface area contributed by atoms with E-state index >= 15 is 0 Å². The summed E-state index contributed by atoms with van der Waals surface area (Å²) in [6, 6.07) is 0. The molecule has 1 aromatic heterocycles. The second kappa shape index (κ2) is 8.22. The number of thiophene rings is 1. The first-order valence-corrected chi connectivity index (χ1v) is 10.1. The number of halogens is 2. The van der Waals surface area contributed by atoms with Crippen molar-refractivity contribution in [2.24, 2.45) is 11.3 Å². The molecule has 27 heavy (non-hydrogen) atoms. The number of fused-ring (bicyclic) bond motifs is 1.